The van der Waals surface area contributed by atoms with E-state index in [9.17, 15) is 10.1 Å². The molecule has 1 N–H and O–H groups in total. The third-order valence-corrected chi connectivity index (χ3v) is 2.88. The van der Waals surface area contributed by atoms with Crippen molar-refractivity contribution in [2.45, 2.75) is 6.54 Å². The number of nitrogens with zero attached hydrogens (tertiary/aromatic N) is 2. The lowest BCUT2D eigenvalue weighted by Crippen LogP contribution is -2.01. The number of rotatable bonds is 6. The second-order valence-electron chi connectivity index (χ2n) is 4.20. The van der Waals surface area contributed by atoms with Crippen molar-refractivity contribution in [2.75, 3.05) is 19.5 Å². The number of hydrogen-bond donors (Lipinski definition) is 1. The van der Waals surface area contributed by atoms with Crippen LogP contribution in [-0.2, 0) is 6.54 Å². The van der Waals surface area contributed by atoms with E-state index in [0.717, 1.165) is 11.3 Å². The molecule has 0 unspecified atom stereocenters. The Labute approximate surface area is 121 Å². The lowest BCUT2D eigenvalue weighted by Gasteiger charge is -2.09. The Kier molecular flexibility index (Phi) is 4.55. The van der Waals surface area contributed by atoms with Gasteiger partial charge >= 0.3 is 5.69 Å². The van der Waals surface area contributed by atoms with Gasteiger partial charge in [-0.2, -0.15) is 0 Å². The molecule has 1 aromatic carbocycles. The molecule has 0 radical (unpaired) electrons. The Bertz CT molecular complexity index is 646. The SMILES string of the molecule is COc1cc(CNc2ccc([N+](=O)[O-])c(OC)c2)ccn1. The summed E-state index contributed by atoms with van der Waals surface area (Å²) in [7, 11) is 2.96. The van der Waals surface area contributed by atoms with Crippen molar-refractivity contribution in [3.63, 3.8) is 0 Å². The Hall–Kier alpha value is -2.83. The zero-order chi connectivity index (χ0) is 15.2. The van der Waals surface area contributed by atoms with Gasteiger partial charge in [-0.05, 0) is 17.7 Å². The van der Waals surface area contributed by atoms with Gasteiger partial charge < -0.3 is 14.8 Å². The smallest absolute Gasteiger partial charge is 0.311 e. The molecule has 0 spiro atoms. The molecule has 2 aromatic rings. The largest absolute Gasteiger partial charge is 0.490 e. The molecule has 7 nitrogen and oxygen atoms in total. The second-order valence-corrected chi connectivity index (χ2v) is 4.20. The van der Waals surface area contributed by atoms with E-state index >= 15 is 0 Å². The van der Waals surface area contributed by atoms with Gasteiger partial charge in [0.1, 0.15) is 0 Å². The van der Waals surface area contributed by atoms with Crippen molar-refractivity contribution in [1.29, 1.82) is 0 Å². The first-order chi connectivity index (χ1) is 10.1. The molecule has 0 atom stereocenters. The van der Waals surface area contributed by atoms with Crippen molar-refractivity contribution >= 4 is 11.4 Å². The predicted octanol–water partition coefficient (Wildman–Crippen LogP) is 2.62. The van der Waals surface area contributed by atoms with Crippen molar-refractivity contribution < 1.29 is 14.4 Å². The van der Waals surface area contributed by atoms with Crippen LogP contribution in [-0.4, -0.2) is 24.1 Å². The first-order valence-corrected chi connectivity index (χ1v) is 6.19. The molecule has 0 saturated heterocycles. The maximum Gasteiger partial charge on any atom is 0.311 e. The van der Waals surface area contributed by atoms with E-state index in [0.29, 0.717) is 12.4 Å². The lowest BCUT2D eigenvalue weighted by atomic mass is 10.2. The molecule has 0 fully saturated rings. The molecule has 110 valence electrons. The number of hydrogen-bond acceptors (Lipinski definition) is 6. The normalized spacial score (nSPS) is 10.0. The van der Waals surface area contributed by atoms with Gasteiger partial charge in [0.2, 0.25) is 5.88 Å². The van der Waals surface area contributed by atoms with Gasteiger partial charge in [0, 0.05) is 36.6 Å². The van der Waals surface area contributed by atoms with Crippen LogP contribution in [0.1, 0.15) is 5.56 Å². The number of nitro benzene ring substituents is 1. The van der Waals surface area contributed by atoms with Crippen LogP contribution in [0.15, 0.2) is 36.5 Å². The fourth-order valence-corrected chi connectivity index (χ4v) is 1.81. The summed E-state index contributed by atoms with van der Waals surface area (Å²) in [6.45, 7) is 0.542. The van der Waals surface area contributed by atoms with E-state index in [4.69, 9.17) is 9.47 Å². The van der Waals surface area contributed by atoms with Crippen LogP contribution in [0.5, 0.6) is 11.6 Å². The van der Waals surface area contributed by atoms with Crippen molar-refractivity contribution in [3.8, 4) is 11.6 Å². The second kappa shape index (κ2) is 6.56. The average Bonchev–Trinajstić information content (AvgIpc) is 2.52. The fourth-order valence-electron chi connectivity index (χ4n) is 1.81. The third-order valence-electron chi connectivity index (χ3n) is 2.88. The molecular formula is C14H15N3O4. The van der Waals surface area contributed by atoms with Gasteiger partial charge in [0.05, 0.1) is 19.1 Å². The van der Waals surface area contributed by atoms with Gasteiger partial charge in [0.25, 0.3) is 0 Å². The van der Waals surface area contributed by atoms with Gasteiger partial charge in [-0.3, -0.25) is 10.1 Å². The highest BCUT2D eigenvalue weighted by atomic mass is 16.6. The maximum absolute atomic E-state index is 10.8. The topological polar surface area (TPSA) is 86.5 Å². The van der Waals surface area contributed by atoms with Crippen molar-refractivity contribution in [3.05, 3.63) is 52.2 Å². The number of methoxy groups -OCH3 is 2. The molecule has 21 heavy (non-hydrogen) atoms. The van der Waals surface area contributed by atoms with Crippen LogP contribution in [0.4, 0.5) is 11.4 Å². The van der Waals surface area contributed by atoms with Gasteiger partial charge in [-0.1, -0.05) is 0 Å². The summed E-state index contributed by atoms with van der Waals surface area (Å²) in [5.41, 5.74) is 1.65. The zero-order valence-electron chi connectivity index (χ0n) is 11.7. The summed E-state index contributed by atoms with van der Waals surface area (Å²) in [5.74, 6) is 0.757. The summed E-state index contributed by atoms with van der Waals surface area (Å²) in [5, 5.41) is 14.0. The van der Waals surface area contributed by atoms with Gasteiger partial charge in [-0.25, -0.2) is 4.98 Å². The Morgan fingerprint density at radius 3 is 2.71 bits per heavy atom. The molecule has 0 aliphatic heterocycles. The molecule has 0 bridgehead atoms. The highest BCUT2D eigenvalue weighted by Crippen LogP contribution is 2.29. The van der Waals surface area contributed by atoms with Crippen LogP contribution >= 0.6 is 0 Å². The number of benzene rings is 1. The maximum atomic E-state index is 10.8. The molecule has 0 amide bonds. The summed E-state index contributed by atoms with van der Waals surface area (Å²) in [6, 6.07) is 8.32. The predicted molar refractivity (Wildman–Crippen MR) is 77.8 cm³/mol. The highest BCUT2D eigenvalue weighted by Gasteiger charge is 2.14. The number of ether oxygens (including phenoxy) is 2. The van der Waals surface area contributed by atoms with E-state index < -0.39 is 4.92 Å². The standard InChI is InChI=1S/C14H15N3O4/c1-20-13-8-11(3-4-12(13)17(18)19)16-9-10-5-6-15-14(7-10)21-2/h3-8,16H,9H2,1-2H3. The van der Waals surface area contributed by atoms with E-state index in [-0.39, 0.29) is 11.4 Å². The Balaban J connectivity index is 2.11. The minimum Gasteiger partial charge on any atom is -0.490 e. The number of nitro groups is 1. The van der Waals surface area contributed by atoms with Crippen molar-refractivity contribution in [2.24, 2.45) is 0 Å². The number of pyridine rings is 1. The van der Waals surface area contributed by atoms with E-state index in [1.54, 1.807) is 25.4 Å². The van der Waals surface area contributed by atoms with Crippen LogP contribution in [0.25, 0.3) is 0 Å². The van der Waals surface area contributed by atoms with Crippen LogP contribution in [0, 0.1) is 10.1 Å². The molecule has 1 heterocycles. The summed E-state index contributed by atoms with van der Waals surface area (Å²) >= 11 is 0. The third kappa shape index (κ3) is 3.59. The Morgan fingerprint density at radius 2 is 2.05 bits per heavy atom. The molecule has 0 saturated carbocycles. The van der Waals surface area contributed by atoms with Crippen LogP contribution in [0.3, 0.4) is 0 Å². The average molecular weight is 289 g/mol. The summed E-state index contributed by atoms with van der Waals surface area (Å²) in [4.78, 5) is 14.4. The number of anilines is 1. The van der Waals surface area contributed by atoms with Crippen LogP contribution in [0.2, 0.25) is 0 Å². The first kappa shape index (κ1) is 14.6. The van der Waals surface area contributed by atoms with Gasteiger partial charge in [-0.15, -0.1) is 0 Å². The molecule has 0 aliphatic carbocycles. The molecule has 0 aliphatic rings. The van der Waals surface area contributed by atoms with Crippen LogP contribution < -0.4 is 14.8 Å². The minimum atomic E-state index is -0.476. The summed E-state index contributed by atoms with van der Waals surface area (Å²) in [6.07, 6.45) is 1.66. The van der Waals surface area contributed by atoms with E-state index in [2.05, 4.69) is 10.3 Å². The summed E-state index contributed by atoms with van der Waals surface area (Å²) < 4.78 is 10.1. The van der Waals surface area contributed by atoms with Gasteiger partial charge in [0.15, 0.2) is 5.75 Å². The number of nitrogens with one attached hydrogen (secondary N) is 1. The first-order valence-electron chi connectivity index (χ1n) is 6.19. The Morgan fingerprint density at radius 1 is 1.24 bits per heavy atom. The molecular weight excluding hydrogens is 274 g/mol. The number of aromatic nitrogens is 1. The minimum absolute atomic E-state index is 0.0615. The van der Waals surface area contributed by atoms with E-state index in [1.165, 1.54) is 13.2 Å². The fraction of sp³-hybridized carbons (Fsp3) is 0.214. The lowest BCUT2D eigenvalue weighted by molar-refractivity contribution is -0.385. The molecule has 2 rings (SSSR count). The molecule has 1 aromatic heterocycles. The molecule has 7 heteroatoms. The quantitative estimate of drug-likeness (QED) is 0.649. The van der Waals surface area contributed by atoms with Crippen molar-refractivity contribution in [1.82, 2.24) is 4.98 Å². The monoisotopic (exact) mass is 289 g/mol. The zero-order valence-corrected chi connectivity index (χ0v) is 11.7. The van der Waals surface area contributed by atoms with E-state index in [1.807, 2.05) is 12.1 Å². The highest BCUT2D eigenvalue weighted by molar-refractivity contribution is 5.58.